The zero-order chi connectivity index (χ0) is 21.5. The first-order valence-corrected chi connectivity index (χ1v) is 10.2. The van der Waals surface area contributed by atoms with Crippen LogP contribution in [0.5, 0.6) is 17.2 Å². The molecule has 0 fully saturated rings. The molecule has 2 aromatic carbocycles. The Morgan fingerprint density at radius 1 is 1.07 bits per heavy atom. The van der Waals surface area contributed by atoms with Gasteiger partial charge in [0.25, 0.3) is 5.22 Å². The monoisotopic (exact) mass is 429 g/mol. The molecule has 0 atom stereocenters. The summed E-state index contributed by atoms with van der Waals surface area (Å²) in [6.07, 6.45) is 0.320. The largest absolute Gasteiger partial charge is 0.493 e. The van der Waals surface area contributed by atoms with Crippen LogP contribution in [-0.4, -0.2) is 43.2 Å². The van der Waals surface area contributed by atoms with Crippen LogP contribution in [0.3, 0.4) is 0 Å². The van der Waals surface area contributed by atoms with Gasteiger partial charge in [0.05, 0.1) is 21.3 Å². The van der Waals surface area contributed by atoms with E-state index in [0.717, 1.165) is 11.3 Å². The van der Waals surface area contributed by atoms with Crippen molar-refractivity contribution in [2.24, 2.45) is 0 Å². The van der Waals surface area contributed by atoms with Crippen LogP contribution in [0.25, 0.3) is 11.5 Å². The van der Waals surface area contributed by atoms with Gasteiger partial charge in [-0.25, -0.2) is 0 Å². The number of nitrogens with zero attached hydrogens (tertiary/aromatic N) is 2. The molecule has 158 valence electrons. The summed E-state index contributed by atoms with van der Waals surface area (Å²) in [6, 6.07) is 11.1. The number of hydrogen-bond donors (Lipinski definition) is 1. The molecular weight excluding hydrogens is 406 g/mol. The topological polar surface area (TPSA) is 95.7 Å². The summed E-state index contributed by atoms with van der Waals surface area (Å²) in [4.78, 5) is 12.1. The molecule has 0 radical (unpaired) electrons. The van der Waals surface area contributed by atoms with E-state index in [0.29, 0.717) is 46.1 Å². The standard InChI is InChI=1S/C21H23N3O5S/c1-13-6-5-7-15(10-13)22-18(25)8-9-30-21-24-23-20(29-21)14-11-16(26-2)19(28-4)17(12-14)27-3/h5-7,10-12H,8-9H2,1-4H3,(H,22,25). The Morgan fingerprint density at radius 3 is 2.43 bits per heavy atom. The number of carbonyl (C=O) groups is 1. The van der Waals surface area contributed by atoms with Gasteiger partial charge in [0.1, 0.15) is 0 Å². The van der Waals surface area contributed by atoms with Crippen molar-refractivity contribution in [3.8, 4) is 28.7 Å². The number of rotatable bonds is 9. The predicted molar refractivity (Wildman–Crippen MR) is 115 cm³/mol. The van der Waals surface area contributed by atoms with Crippen LogP contribution in [0.4, 0.5) is 5.69 Å². The summed E-state index contributed by atoms with van der Waals surface area (Å²) < 4.78 is 21.7. The van der Waals surface area contributed by atoms with E-state index in [1.807, 2.05) is 31.2 Å². The van der Waals surface area contributed by atoms with Gasteiger partial charge in [-0.2, -0.15) is 0 Å². The lowest BCUT2D eigenvalue weighted by Gasteiger charge is -2.12. The Kier molecular flexibility index (Phi) is 7.18. The smallest absolute Gasteiger partial charge is 0.276 e. The number of anilines is 1. The van der Waals surface area contributed by atoms with Crippen LogP contribution >= 0.6 is 11.8 Å². The minimum absolute atomic E-state index is 0.0718. The SMILES string of the molecule is COc1cc(-c2nnc(SCCC(=O)Nc3cccc(C)c3)o2)cc(OC)c1OC. The second-order valence-electron chi connectivity index (χ2n) is 6.30. The summed E-state index contributed by atoms with van der Waals surface area (Å²) in [7, 11) is 4.62. The number of aryl methyl sites for hydroxylation is 1. The second-order valence-corrected chi connectivity index (χ2v) is 7.35. The maximum absolute atomic E-state index is 12.1. The van der Waals surface area contributed by atoms with Crippen molar-refractivity contribution in [3.05, 3.63) is 42.0 Å². The van der Waals surface area contributed by atoms with Gasteiger partial charge >= 0.3 is 0 Å². The Morgan fingerprint density at radius 2 is 1.80 bits per heavy atom. The van der Waals surface area contributed by atoms with E-state index in [2.05, 4.69) is 15.5 Å². The fraction of sp³-hybridized carbons (Fsp3) is 0.286. The normalized spacial score (nSPS) is 10.5. The maximum Gasteiger partial charge on any atom is 0.276 e. The van der Waals surface area contributed by atoms with Crippen LogP contribution in [0.1, 0.15) is 12.0 Å². The quantitative estimate of drug-likeness (QED) is 0.506. The van der Waals surface area contributed by atoms with Crippen LogP contribution in [0.15, 0.2) is 46.0 Å². The molecule has 0 spiro atoms. The van der Waals surface area contributed by atoms with Crippen molar-refractivity contribution >= 4 is 23.4 Å². The second kappa shape index (κ2) is 10.0. The summed E-state index contributed by atoms with van der Waals surface area (Å²) >= 11 is 1.32. The molecule has 0 bridgehead atoms. The summed E-state index contributed by atoms with van der Waals surface area (Å²) in [6.45, 7) is 1.98. The summed E-state index contributed by atoms with van der Waals surface area (Å²) in [5, 5.41) is 11.4. The number of ether oxygens (including phenoxy) is 3. The molecule has 30 heavy (non-hydrogen) atoms. The number of hydrogen-bond acceptors (Lipinski definition) is 8. The van der Waals surface area contributed by atoms with Gasteiger partial charge in [0.15, 0.2) is 11.5 Å². The van der Waals surface area contributed by atoms with Crippen LogP contribution in [-0.2, 0) is 4.79 Å². The van der Waals surface area contributed by atoms with Gasteiger partial charge in [0.2, 0.25) is 17.5 Å². The molecule has 0 aliphatic rings. The first kappa shape index (κ1) is 21.5. The highest BCUT2D eigenvalue weighted by Gasteiger charge is 2.17. The first-order valence-electron chi connectivity index (χ1n) is 9.17. The minimum Gasteiger partial charge on any atom is -0.493 e. The molecule has 0 aliphatic carbocycles. The fourth-order valence-corrected chi connectivity index (χ4v) is 3.47. The van der Waals surface area contributed by atoms with E-state index in [4.69, 9.17) is 18.6 Å². The Labute approximate surface area is 178 Å². The Hall–Kier alpha value is -3.20. The molecule has 0 aliphatic heterocycles. The minimum atomic E-state index is -0.0718. The van der Waals surface area contributed by atoms with Gasteiger partial charge < -0.3 is 23.9 Å². The third-order valence-corrected chi connectivity index (χ3v) is 4.99. The molecule has 3 aromatic rings. The van der Waals surface area contributed by atoms with E-state index in [9.17, 15) is 4.79 Å². The average Bonchev–Trinajstić information content (AvgIpc) is 3.21. The summed E-state index contributed by atoms with van der Waals surface area (Å²) in [5.41, 5.74) is 2.51. The van der Waals surface area contributed by atoms with E-state index >= 15 is 0 Å². The molecule has 1 heterocycles. The molecule has 9 heteroatoms. The predicted octanol–water partition coefficient (Wildman–Crippen LogP) is 4.19. The highest BCUT2D eigenvalue weighted by Crippen LogP contribution is 2.41. The van der Waals surface area contributed by atoms with Gasteiger partial charge in [0, 0.05) is 23.4 Å². The number of benzene rings is 2. The number of nitrogens with one attached hydrogen (secondary N) is 1. The van der Waals surface area contributed by atoms with Crippen molar-refractivity contribution in [1.29, 1.82) is 0 Å². The van der Waals surface area contributed by atoms with Crippen molar-refractivity contribution in [2.75, 3.05) is 32.4 Å². The van der Waals surface area contributed by atoms with Gasteiger partial charge in [-0.15, -0.1) is 10.2 Å². The van der Waals surface area contributed by atoms with Crippen molar-refractivity contribution < 1.29 is 23.4 Å². The van der Waals surface area contributed by atoms with Gasteiger partial charge in [-0.3, -0.25) is 4.79 Å². The highest BCUT2D eigenvalue weighted by molar-refractivity contribution is 7.99. The molecule has 0 saturated carbocycles. The summed E-state index contributed by atoms with van der Waals surface area (Å²) in [5.74, 6) is 2.23. The number of aromatic nitrogens is 2. The molecule has 1 aromatic heterocycles. The van der Waals surface area contributed by atoms with E-state index in [-0.39, 0.29) is 5.91 Å². The number of thioether (sulfide) groups is 1. The lowest BCUT2D eigenvalue weighted by atomic mass is 10.2. The Balaban J connectivity index is 1.61. The average molecular weight is 429 g/mol. The lowest BCUT2D eigenvalue weighted by Crippen LogP contribution is -2.12. The van der Waals surface area contributed by atoms with Crippen molar-refractivity contribution in [2.45, 2.75) is 18.6 Å². The number of methoxy groups -OCH3 is 3. The van der Waals surface area contributed by atoms with E-state index in [1.54, 1.807) is 12.1 Å². The zero-order valence-electron chi connectivity index (χ0n) is 17.2. The van der Waals surface area contributed by atoms with Crippen LogP contribution in [0, 0.1) is 6.92 Å². The first-order chi connectivity index (χ1) is 14.5. The molecule has 0 saturated heterocycles. The fourth-order valence-electron chi connectivity index (χ4n) is 2.77. The Bertz CT molecular complexity index is 996. The zero-order valence-corrected chi connectivity index (χ0v) is 18.0. The van der Waals surface area contributed by atoms with Gasteiger partial charge in [-0.1, -0.05) is 23.9 Å². The van der Waals surface area contributed by atoms with Crippen molar-refractivity contribution in [3.63, 3.8) is 0 Å². The lowest BCUT2D eigenvalue weighted by molar-refractivity contribution is -0.115. The molecular formula is C21H23N3O5S. The number of carbonyl (C=O) groups excluding carboxylic acids is 1. The third-order valence-electron chi connectivity index (χ3n) is 4.17. The van der Waals surface area contributed by atoms with Crippen molar-refractivity contribution in [1.82, 2.24) is 10.2 Å². The van der Waals surface area contributed by atoms with E-state index in [1.165, 1.54) is 33.1 Å². The van der Waals surface area contributed by atoms with Crippen LogP contribution < -0.4 is 19.5 Å². The third kappa shape index (κ3) is 5.24. The van der Waals surface area contributed by atoms with Crippen LogP contribution in [0.2, 0.25) is 0 Å². The highest BCUT2D eigenvalue weighted by atomic mass is 32.2. The maximum atomic E-state index is 12.1. The molecule has 1 amide bonds. The van der Waals surface area contributed by atoms with Gasteiger partial charge in [-0.05, 0) is 36.8 Å². The molecule has 0 unspecified atom stereocenters. The number of amides is 1. The van der Waals surface area contributed by atoms with E-state index < -0.39 is 0 Å². The molecule has 3 rings (SSSR count). The molecule has 1 N–H and O–H groups in total. The molecule has 8 nitrogen and oxygen atoms in total.